The lowest BCUT2D eigenvalue weighted by molar-refractivity contribution is -0.129. The Balaban J connectivity index is 1.78. The van der Waals surface area contributed by atoms with E-state index in [9.17, 15) is 4.79 Å². The van der Waals surface area contributed by atoms with Gasteiger partial charge in [0.25, 0.3) is 0 Å². The summed E-state index contributed by atoms with van der Waals surface area (Å²) in [4.78, 5) is 14.1. The smallest absolute Gasteiger partial charge is 0.227 e. The summed E-state index contributed by atoms with van der Waals surface area (Å²) >= 11 is 3.60. The van der Waals surface area contributed by atoms with E-state index in [1.807, 2.05) is 59.6 Å². The molecule has 0 bridgehead atoms. The van der Waals surface area contributed by atoms with Crippen molar-refractivity contribution >= 4 is 21.8 Å². The zero-order chi connectivity index (χ0) is 16.9. The van der Waals surface area contributed by atoms with Crippen molar-refractivity contribution in [3.05, 3.63) is 75.9 Å². The van der Waals surface area contributed by atoms with Crippen LogP contribution >= 0.6 is 15.9 Å². The lowest BCUT2D eigenvalue weighted by Crippen LogP contribution is -2.29. The van der Waals surface area contributed by atoms with Crippen molar-refractivity contribution in [1.29, 1.82) is 0 Å². The van der Waals surface area contributed by atoms with Crippen molar-refractivity contribution in [1.82, 2.24) is 4.90 Å². The van der Waals surface area contributed by atoms with Gasteiger partial charge in [-0.15, -0.1) is 0 Å². The van der Waals surface area contributed by atoms with Gasteiger partial charge in [0.05, 0.1) is 13.7 Å². The van der Waals surface area contributed by atoms with E-state index in [1.165, 1.54) is 11.1 Å². The molecule has 0 aliphatic carbocycles. The molecule has 3 rings (SSSR count). The van der Waals surface area contributed by atoms with E-state index >= 15 is 0 Å². The Kier molecular flexibility index (Phi) is 5.36. The lowest BCUT2D eigenvalue weighted by Gasteiger charge is -2.25. The van der Waals surface area contributed by atoms with E-state index < -0.39 is 0 Å². The second kappa shape index (κ2) is 7.67. The van der Waals surface area contributed by atoms with Crippen LogP contribution < -0.4 is 4.74 Å². The third-order valence-electron chi connectivity index (χ3n) is 4.18. The summed E-state index contributed by atoms with van der Waals surface area (Å²) in [6.07, 6.45) is 4.22. The van der Waals surface area contributed by atoms with Gasteiger partial charge in [0, 0.05) is 17.1 Å². The first-order valence-corrected chi connectivity index (χ1v) is 8.80. The number of carbonyl (C=O) groups excluding carboxylic acids is 1. The van der Waals surface area contributed by atoms with Crippen LogP contribution in [-0.2, 0) is 17.8 Å². The number of hydrogen-bond donors (Lipinski definition) is 0. The highest BCUT2D eigenvalue weighted by atomic mass is 79.9. The highest BCUT2D eigenvalue weighted by Gasteiger charge is 2.19. The second-order valence-corrected chi connectivity index (χ2v) is 6.78. The molecule has 124 valence electrons. The normalized spacial score (nSPS) is 14.5. The maximum absolute atomic E-state index is 12.2. The average Bonchev–Trinajstić information content (AvgIpc) is 2.60. The van der Waals surface area contributed by atoms with Crippen LogP contribution in [0.3, 0.4) is 0 Å². The first-order valence-electron chi connectivity index (χ1n) is 8.01. The highest BCUT2D eigenvalue weighted by Crippen LogP contribution is 2.28. The molecule has 0 fully saturated rings. The number of carbonyl (C=O) groups is 1. The summed E-state index contributed by atoms with van der Waals surface area (Å²) in [5.41, 5.74) is 3.58. The number of hydrogen-bond acceptors (Lipinski definition) is 2. The van der Waals surface area contributed by atoms with E-state index in [2.05, 4.69) is 15.9 Å². The number of ether oxygens (including phenoxy) is 1. The Morgan fingerprint density at radius 3 is 2.67 bits per heavy atom. The number of halogens is 1. The molecule has 1 aliphatic heterocycles. The SMILES string of the molecule is COc1ccc(Br)c(CC2=CN(Cc3ccccc3)C(=O)CC2)c1. The van der Waals surface area contributed by atoms with E-state index in [1.54, 1.807) is 7.11 Å². The predicted molar refractivity (Wildman–Crippen MR) is 98.7 cm³/mol. The quantitative estimate of drug-likeness (QED) is 0.745. The molecule has 2 aromatic carbocycles. The van der Waals surface area contributed by atoms with E-state index in [-0.39, 0.29) is 5.91 Å². The van der Waals surface area contributed by atoms with Gasteiger partial charge in [-0.05, 0) is 47.7 Å². The summed E-state index contributed by atoms with van der Waals surface area (Å²) < 4.78 is 6.38. The zero-order valence-corrected chi connectivity index (χ0v) is 15.3. The number of benzene rings is 2. The van der Waals surface area contributed by atoms with Gasteiger partial charge in [-0.1, -0.05) is 46.3 Å². The Labute approximate surface area is 151 Å². The molecule has 1 heterocycles. The third-order valence-corrected chi connectivity index (χ3v) is 4.96. The number of amides is 1. The predicted octanol–water partition coefficient (Wildman–Crippen LogP) is 4.71. The Bertz CT molecular complexity index is 755. The van der Waals surface area contributed by atoms with Crippen molar-refractivity contribution in [2.75, 3.05) is 7.11 Å². The molecule has 24 heavy (non-hydrogen) atoms. The van der Waals surface area contributed by atoms with Gasteiger partial charge in [0.1, 0.15) is 5.75 Å². The number of allylic oxidation sites excluding steroid dienone is 1. The summed E-state index contributed by atoms with van der Waals surface area (Å²) in [6, 6.07) is 16.1. The third kappa shape index (κ3) is 4.06. The summed E-state index contributed by atoms with van der Waals surface area (Å²) in [6.45, 7) is 0.627. The van der Waals surface area contributed by atoms with Crippen LogP contribution in [0.2, 0.25) is 0 Å². The van der Waals surface area contributed by atoms with Gasteiger partial charge in [-0.25, -0.2) is 0 Å². The van der Waals surface area contributed by atoms with Crippen LogP contribution in [0.4, 0.5) is 0 Å². The van der Waals surface area contributed by atoms with Crippen LogP contribution in [-0.4, -0.2) is 17.9 Å². The molecular weight excluding hydrogens is 366 g/mol. The molecule has 0 radical (unpaired) electrons. The number of methoxy groups -OCH3 is 1. The van der Waals surface area contributed by atoms with Crippen LogP contribution in [0, 0.1) is 0 Å². The van der Waals surface area contributed by atoms with Gasteiger partial charge in [0.2, 0.25) is 5.91 Å². The average molecular weight is 386 g/mol. The summed E-state index contributed by atoms with van der Waals surface area (Å²) in [7, 11) is 1.67. The first kappa shape index (κ1) is 16.8. The molecule has 1 amide bonds. The largest absolute Gasteiger partial charge is 0.497 e. The second-order valence-electron chi connectivity index (χ2n) is 5.93. The molecule has 0 atom stereocenters. The molecule has 2 aromatic rings. The fraction of sp³-hybridized carbons (Fsp3) is 0.250. The Hall–Kier alpha value is -2.07. The van der Waals surface area contributed by atoms with Gasteiger partial charge >= 0.3 is 0 Å². The molecule has 0 spiro atoms. The maximum Gasteiger partial charge on any atom is 0.227 e. The topological polar surface area (TPSA) is 29.5 Å². The van der Waals surface area contributed by atoms with Gasteiger partial charge in [0.15, 0.2) is 0 Å². The lowest BCUT2D eigenvalue weighted by atomic mass is 9.98. The van der Waals surface area contributed by atoms with Crippen LogP contribution in [0.25, 0.3) is 0 Å². The van der Waals surface area contributed by atoms with Gasteiger partial charge < -0.3 is 9.64 Å². The highest BCUT2D eigenvalue weighted by molar-refractivity contribution is 9.10. The van der Waals surface area contributed by atoms with Crippen LogP contribution in [0.1, 0.15) is 24.0 Å². The summed E-state index contributed by atoms with van der Waals surface area (Å²) in [5.74, 6) is 1.04. The van der Waals surface area contributed by atoms with Gasteiger partial charge in [-0.3, -0.25) is 4.79 Å². The van der Waals surface area contributed by atoms with E-state index in [0.717, 1.165) is 28.6 Å². The Morgan fingerprint density at radius 2 is 1.92 bits per heavy atom. The van der Waals surface area contributed by atoms with E-state index in [0.29, 0.717) is 13.0 Å². The minimum atomic E-state index is 0.187. The van der Waals surface area contributed by atoms with Crippen molar-refractivity contribution in [3.63, 3.8) is 0 Å². The monoisotopic (exact) mass is 385 g/mol. The fourth-order valence-corrected chi connectivity index (χ4v) is 3.26. The number of rotatable bonds is 5. The van der Waals surface area contributed by atoms with Crippen LogP contribution in [0.15, 0.2) is 64.8 Å². The van der Waals surface area contributed by atoms with Crippen molar-refractivity contribution < 1.29 is 9.53 Å². The molecule has 0 aromatic heterocycles. The first-order chi connectivity index (χ1) is 11.7. The molecule has 0 unspecified atom stereocenters. The zero-order valence-electron chi connectivity index (χ0n) is 13.7. The maximum atomic E-state index is 12.2. The number of nitrogens with zero attached hydrogens (tertiary/aromatic N) is 1. The summed E-state index contributed by atoms with van der Waals surface area (Å²) in [5, 5.41) is 0. The standard InChI is InChI=1S/C20H20BrNO2/c1-24-18-8-9-19(21)17(12-18)11-16-7-10-20(23)22(14-16)13-15-5-3-2-4-6-15/h2-6,8-9,12,14H,7,10-11,13H2,1H3. The Morgan fingerprint density at radius 1 is 1.12 bits per heavy atom. The minimum Gasteiger partial charge on any atom is -0.497 e. The minimum absolute atomic E-state index is 0.187. The molecule has 4 heteroatoms. The van der Waals surface area contributed by atoms with E-state index in [4.69, 9.17) is 4.74 Å². The van der Waals surface area contributed by atoms with Gasteiger partial charge in [-0.2, -0.15) is 0 Å². The molecular formula is C20H20BrNO2. The van der Waals surface area contributed by atoms with Crippen molar-refractivity contribution in [3.8, 4) is 5.75 Å². The molecule has 1 aliphatic rings. The van der Waals surface area contributed by atoms with Crippen molar-refractivity contribution in [2.45, 2.75) is 25.8 Å². The fourth-order valence-electron chi connectivity index (χ4n) is 2.87. The molecule has 0 N–H and O–H groups in total. The van der Waals surface area contributed by atoms with Crippen LogP contribution in [0.5, 0.6) is 5.75 Å². The molecule has 0 saturated carbocycles. The molecule has 3 nitrogen and oxygen atoms in total. The molecule has 0 saturated heterocycles. The van der Waals surface area contributed by atoms with Crippen molar-refractivity contribution in [2.24, 2.45) is 0 Å².